The third kappa shape index (κ3) is 3.39. The number of hydrogen-bond acceptors (Lipinski definition) is 2. The molecule has 0 radical (unpaired) electrons. The number of benzene rings is 2. The minimum atomic E-state index is -3.61. The minimum Gasteiger partial charge on any atom is -0.207 e. The molecule has 0 spiro atoms. The first-order valence-electron chi connectivity index (χ1n) is 5.79. The quantitative estimate of drug-likeness (QED) is 0.935. The fraction of sp³-hybridized carbons (Fsp3) is 0.143. The van der Waals surface area contributed by atoms with Gasteiger partial charge in [-0.2, -0.15) is 0 Å². The molecule has 0 saturated heterocycles. The van der Waals surface area contributed by atoms with Gasteiger partial charge in [0.2, 0.25) is 10.0 Å². The Morgan fingerprint density at radius 1 is 1.05 bits per heavy atom. The molecule has 0 aliphatic heterocycles. The van der Waals surface area contributed by atoms with Crippen molar-refractivity contribution in [2.24, 2.45) is 0 Å². The van der Waals surface area contributed by atoms with Crippen molar-refractivity contribution >= 4 is 10.0 Å². The lowest BCUT2D eigenvalue weighted by Gasteiger charge is -2.08. The lowest BCUT2D eigenvalue weighted by molar-refractivity contribution is 0.580. The molecule has 0 atom stereocenters. The molecule has 0 aromatic heterocycles. The fourth-order valence-electron chi connectivity index (χ4n) is 1.68. The minimum absolute atomic E-state index is 0.0579. The molecule has 0 bridgehead atoms. The van der Waals surface area contributed by atoms with Crippen molar-refractivity contribution in [1.29, 1.82) is 0 Å². The molecular formula is C14H14FNO2S. The monoisotopic (exact) mass is 279 g/mol. The van der Waals surface area contributed by atoms with E-state index >= 15 is 0 Å². The number of hydrogen-bond donors (Lipinski definition) is 1. The van der Waals surface area contributed by atoms with Gasteiger partial charge in [-0.15, -0.1) is 0 Å². The molecule has 0 aliphatic rings. The predicted octanol–water partition coefficient (Wildman–Crippen LogP) is 2.61. The van der Waals surface area contributed by atoms with E-state index in [2.05, 4.69) is 4.72 Å². The van der Waals surface area contributed by atoms with Gasteiger partial charge in [0.05, 0.1) is 4.90 Å². The molecule has 2 aromatic carbocycles. The molecule has 0 aliphatic carbocycles. The molecular weight excluding hydrogens is 265 g/mol. The zero-order chi connectivity index (χ0) is 13.9. The number of nitrogens with one attached hydrogen (secondary N) is 1. The summed E-state index contributed by atoms with van der Waals surface area (Å²) in [4.78, 5) is 0.0579. The van der Waals surface area contributed by atoms with Crippen LogP contribution in [-0.4, -0.2) is 8.42 Å². The maximum Gasteiger partial charge on any atom is 0.240 e. The Bertz CT molecular complexity index is 666. The van der Waals surface area contributed by atoms with E-state index in [1.54, 1.807) is 0 Å². The third-order valence-electron chi connectivity index (χ3n) is 2.84. The highest BCUT2D eigenvalue weighted by atomic mass is 32.2. The van der Waals surface area contributed by atoms with Gasteiger partial charge in [0.25, 0.3) is 0 Å². The van der Waals surface area contributed by atoms with Crippen molar-refractivity contribution in [3.8, 4) is 0 Å². The first-order valence-corrected chi connectivity index (χ1v) is 7.27. The van der Waals surface area contributed by atoms with E-state index in [4.69, 9.17) is 0 Å². The van der Waals surface area contributed by atoms with Crippen LogP contribution in [0.2, 0.25) is 0 Å². The normalized spacial score (nSPS) is 11.5. The van der Waals surface area contributed by atoms with Crippen molar-refractivity contribution < 1.29 is 12.8 Å². The molecule has 5 heteroatoms. The van der Waals surface area contributed by atoms with Crippen LogP contribution in [0.4, 0.5) is 4.39 Å². The van der Waals surface area contributed by atoms with Gasteiger partial charge in [-0.3, -0.25) is 0 Å². The van der Waals surface area contributed by atoms with Crippen LogP contribution in [0.15, 0.2) is 53.4 Å². The Labute approximate surface area is 112 Å². The Kier molecular flexibility index (Phi) is 3.97. The summed E-state index contributed by atoms with van der Waals surface area (Å²) in [6, 6.07) is 12.3. The van der Waals surface area contributed by atoms with E-state index in [1.165, 1.54) is 12.1 Å². The maximum absolute atomic E-state index is 12.8. The summed E-state index contributed by atoms with van der Waals surface area (Å²) in [6.45, 7) is 2.13. The molecule has 100 valence electrons. The zero-order valence-electron chi connectivity index (χ0n) is 10.4. The Hall–Kier alpha value is -1.72. The summed E-state index contributed by atoms with van der Waals surface area (Å²) >= 11 is 0. The van der Waals surface area contributed by atoms with Crippen molar-refractivity contribution in [2.75, 3.05) is 0 Å². The van der Waals surface area contributed by atoms with Gasteiger partial charge in [0.1, 0.15) is 5.82 Å². The first-order chi connectivity index (χ1) is 8.99. The lowest BCUT2D eigenvalue weighted by Crippen LogP contribution is -2.23. The largest absolute Gasteiger partial charge is 0.240 e. The molecule has 0 saturated carbocycles. The topological polar surface area (TPSA) is 46.2 Å². The van der Waals surface area contributed by atoms with Crippen molar-refractivity contribution in [1.82, 2.24) is 4.72 Å². The second kappa shape index (κ2) is 5.50. The van der Waals surface area contributed by atoms with Crippen LogP contribution in [0.5, 0.6) is 0 Å². The van der Waals surface area contributed by atoms with Gasteiger partial charge >= 0.3 is 0 Å². The molecule has 0 unspecified atom stereocenters. The van der Waals surface area contributed by atoms with Crippen LogP contribution in [0.3, 0.4) is 0 Å². The average molecular weight is 279 g/mol. The van der Waals surface area contributed by atoms with E-state index in [0.29, 0.717) is 0 Å². The van der Waals surface area contributed by atoms with Crippen molar-refractivity contribution in [3.05, 3.63) is 65.5 Å². The summed E-state index contributed by atoms with van der Waals surface area (Å²) in [5.41, 5.74) is 1.93. The molecule has 3 nitrogen and oxygen atoms in total. The first kappa shape index (κ1) is 13.7. The van der Waals surface area contributed by atoms with Crippen molar-refractivity contribution in [3.63, 3.8) is 0 Å². The van der Waals surface area contributed by atoms with Gasteiger partial charge in [-0.1, -0.05) is 24.3 Å². The van der Waals surface area contributed by atoms with E-state index in [0.717, 1.165) is 23.3 Å². The smallest absolute Gasteiger partial charge is 0.207 e. The number of aryl methyl sites for hydroxylation is 1. The third-order valence-corrected chi connectivity index (χ3v) is 4.25. The Morgan fingerprint density at radius 2 is 1.68 bits per heavy atom. The second-order valence-corrected chi connectivity index (χ2v) is 5.97. The summed E-state index contributed by atoms with van der Waals surface area (Å²) < 4.78 is 39.3. The molecule has 0 fully saturated rings. The highest BCUT2D eigenvalue weighted by molar-refractivity contribution is 7.89. The van der Waals surface area contributed by atoms with E-state index < -0.39 is 15.8 Å². The number of halogens is 1. The predicted molar refractivity (Wildman–Crippen MR) is 71.6 cm³/mol. The molecule has 1 N–H and O–H groups in total. The van der Waals surface area contributed by atoms with E-state index in [-0.39, 0.29) is 11.4 Å². The molecule has 0 amide bonds. The van der Waals surface area contributed by atoms with E-state index in [9.17, 15) is 12.8 Å². The van der Waals surface area contributed by atoms with Crippen LogP contribution < -0.4 is 4.72 Å². The highest BCUT2D eigenvalue weighted by Crippen LogP contribution is 2.12. The van der Waals surface area contributed by atoms with Gasteiger partial charge in [-0.25, -0.2) is 17.5 Å². The summed E-state index contributed by atoms with van der Waals surface area (Å²) in [5, 5.41) is 0. The fourth-order valence-corrected chi connectivity index (χ4v) is 2.68. The van der Waals surface area contributed by atoms with Gasteiger partial charge in [-0.05, 0) is 42.3 Å². The van der Waals surface area contributed by atoms with Crippen molar-refractivity contribution in [2.45, 2.75) is 18.4 Å². The maximum atomic E-state index is 12.8. The summed E-state index contributed by atoms with van der Waals surface area (Å²) in [7, 11) is -3.61. The Balaban J connectivity index is 2.14. The van der Waals surface area contributed by atoms with Crippen LogP contribution in [0.25, 0.3) is 0 Å². The van der Waals surface area contributed by atoms with Crippen LogP contribution >= 0.6 is 0 Å². The number of sulfonamides is 1. The Morgan fingerprint density at radius 3 is 2.32 bits per heavy atom. The average Bonchev–Trinajstić information content (AvgIpc) is 2.38. The van der Waals surface area contributed by atoms with E-state index in [1.807, 2.05) is 31.2 Å². The van der Waals surface area contributed by atoms with Gasteiger partial charge < -0.3 is 0 Å². The van der Waals surface area contributed by atoms with Gasteiger partial charge in [0.15, 0.2) is 0 Å². The standard InChI is InChI=1S/C14H14FNO2S/c1-11-4-2-3-5-12(11)10-16-19(17,18)14-8-6-13(15)7-9-14/h2-9,16H,10H2,1H3. The number of rotatable bonds is 4. The highest BCUT2D eigenvalue weighted by Gasteiger charge is 2.13. The molecule has 0 heterocycles. The van der Waals surface area contributed by atoms with Crippen LogP contribution in [-0.2, 0) is 16.6 Å². The second-order valence-electron chi connectivity index (χ2n) is 4.20. The summed E-state index contributed by atoms with van der Waals surface area (Å²) in [6.07, 6.45) is 0. The van der Waals surface area contributed by atoms with Crippen LogP contribution in [0.1, 0.15) is 11.1 Å². The molecule has 2 rings (SSSR count). The van der Waals surface area contributed by atoms with Gasteiger partial charge in [0, 0.05) is 6.54 Å². The lowest BCUT2D eigenvalue weighted by atomic mass is 10.1. The molecule has 19 heavy (non-hydrogen) atoms. The van der Waals surface area contributed by atoms with Crippen LogP contribution in [0, 0.1) is 12.7 Å². The SMILES string of the molecule is Cc1ccccc1CNS(=O)(=O)c1ccc(F)cc1. The molecule has 2 aromatic rings. The summed E-state index contributed by atoms with van der Waals surface area (Å²) in [5.74, 6) is -0.460. The zero-order valence-corrected chi connectivity index (χ0v) is 11.2.